The topological polar surface area (TPSA) is 68.3 Å². The van der Waals surface area contributed by atoms with Crippen molar-refractivity contribution in [3.8, 4) is 0 Å². The number of methoxy groups -OCH3 is 1. The highest BCUT2D eigenvalue weighted by Crippen LogP contribution is 2.31. The van der Waals surface area contributed by atoms with E-state index in [1.165, 1.54) is 18.4 Å². The molecule has 0 bridgehead atoms. The van der Waals surface area contributed by atoms with E-state index in [1.54, 1.807) is 30.3 Å². The normalized spacial score (nSPS) is 10.6. The second-order valence-electron chi connectivity index (χ2n) is 5.03. The van der Waals surface area contributed by atoms with Crippen LogP contribution in [0.2, 0.25) is 5.02 Å². The van der Waals surface area contributed by atoms with Crippen molar-refractivity contribution in [1.82, 2.24) is 4.98 Å². The van der Waals surface area contributed by atoms with Crippen LogP contribution in [0, 0.1) is 6.92 Å². The number of rotatable bonds is 3. The van der Waals surface area contributed by atoms with Crippen LogP contribution in [0.1, 0.15) is 26.3 Å². The lowest BCUT2D eigenvalue weighted by atomic mass is 10.1. The number of benzene rings is 2. The van der Waals surface area contributed by atoms with Crippen LogP contribution in [0.3, 0.4) is 0 Å². The second-order valence-corrected chi connectivity index (χ2v) is 6.47. The molecular weight excluding hydrogens is 348 g/mol. The minimum atomic E-state index is -0.562. The van der Waals surface area contributed by atoms with E-state index in [2.05, 4.69) is 10.3 Å². The van der Waals surface area contributed by atoms with Crippen molar-refractivity contribution in [3.63, 3.8) is 0 Å². The summed E-state index contributed by atoms with van der Waals surface area (Å²) < 4.78 is 5.63. The zero-order valence-corrected chi connectivity index (χ0v) is 14.5. The number of anilines is 1. The first-order valence-corrected chi connectivity index (χ1v) is 8.25. The Hall–Kier alpha value is -2.44. The number of aromatic nitrogens is 1. The molecule has 0 saturated heterocycles. The first-order valence-electron chi connectivity index (χ1n) is 7.05. The molecule has 0 radical (unpaired) electrons. The molecular formula is C17H13ClN2O3S. The van der Waals surface area contributed by atoms with Gasteiger partial charge in [-0.3, -0.25) is 10.1 Å². The molecule has 0 spiro atoms. The minimum absolute atomic E-state index is 0.206. The van der Waals surface area contributed by atoms with Gasteiger partial charge in [-0.15, -0.1) is 0 Å². The van der Waals surface area contributed by atoms with Gasteiger partial charge in [-0.1, -0.05) is 35.1 Å². The maximum Gasteiger partial charge on any atom is 0.338 e. The number of carbonyl (C=O) groups is 2. The van der Waals surface area contributed by atoms with Crippen LogP contribution in [0.25, 0.3) is 10.2 Å². The Kier molecular flexibility index (Phi) is 4.51. The Morgan fingerprint density at radius 1 is 1.17 bits per heavy atom. The van der Waals surface area contributed by atoms with Gasteiger partial charge in [0.05, 0.1) is 28.5 Å². The van der Waals surface area contributed by atoms with Crippen molar-refractivity contribution in [2.75, 3.05) is 12.4 Å². The Morgan fingerprint density at radius 2 is 1.88 bits per heavy atom. The summed E-state index contributed by atoms with van der Waals surface area (Å²) in [5.41, 5.74) is 2.06. The maximum absolute atomic E-state index is 12.5. The summed E-state index contributed by atoms with van der Waals surface area (Å²) in [5, 5.41) is 3.80. The minimum Gasteiger partial charge on any atom is -0.465 e. The van der Waals surface area contributed by atoms with Crippen molar-refractivity contribution in [1.29, 1.82) is 0 Å². The van der Waals surface area contributed by atoms with E-state index in [-0.39, 0.29) is 11.1 Å². The van der Waals surface area contributed by atoms with Crippen molar-refractivity contribution >= 4 is 50.2 Å². The highest BCUT2D eigenvalue weighted by atomic mass is 35.5. The van der Waals surface area contributed by atoms with E-state index >= 15 is 0 Å². The second kappa shape index (κ2) is 6.59. The third-order valence-corrected chi connectivity index (χ3v) is 4.89. The van der Waals surface area contributed by atoms with Gasteiger partial charge >= 0.3 is 5.97 Å². The molecule has 0 aliphatic heterocycles. The first-order chi connectivity index (χ1) is 11.5. The molecule has 0 atom stereocenters. The van der Waals surface area contributed by atoms with Gasteiger partial charge in [-0.05, 0) is 36.8 Å². The number of aryl methyl sites for hydroxylation is 1. The van der Waals surface area contributed by atoms with Crippen LogP contribution in [-0.4, -0.2) is 24.0 Å². The molecule has 5 nitrogen and oxygen atoms in total. The highest BCUT2D eigenvalue weighted by Gasteiger charge is 2.18. The fraction of sp³-hybridized carbons (Fsp3) is 0.118. The van der Waals surface area contributed by atoms with Crippen molar-refractivity contribution in [3.05, 3.63) is 58.1 Å². The van der Waals surface area contributed by atoms with Crippen molar-refractivity contribution in [2.24, 2.45) is 0 Å². The molecule has 1 aromatic heterocycles. The van der Waals surface area contributed by atoms with Gasteiger partial charge in [0.15, 0.2) is 5.13 Å². The SMILES string of the molecule is COC(=O)c1ccccc1C(=O)Nc1nc2c(C)c(Cl)ccc2s1. The van der Waals surface area contributed by atoms with Gasteiger partial charge in [0.1, 0.15) is 0 Å². The Labute approximate surface area is 147 Å². The molecule has 3 rings (SSSR count). The van der Waals surface area contributed by atoms with E-state index < -0.39 is 11.9 Å². The number of nitrogens with zero attached hydrogens (tertiary/aromatic N) is 1. The number of carbonyl (C=O) groups excluding carboxylic acids is 2. The summed E-state index contributed by atoms with van der Waals surface area (Å²) in [5.74, 6) is -0.980. The Balaban J connectivity index is 1.93. The number of esters is 1. The van der Waals surface area contributed by atoms with Gasteiger partial charge < -0.3 is 4.74 Å². The van der Waals surface area contributed by atoms with Gasteiger partial charge in [0.2, 0.25) is 0 Å². The van der Waals surface area contributed by atoms with Gasteiger partial charge in [0, 0.05) is 5.02 Å². The third-order valence-electron chi connectivity index (χ3n) is 3.55. The average molecular weight is 361 g/mol. The number of halogens is 1. The van der Waals surface area contributed by atoms with E-state index in [4.69, 9.17) is 16.3 Å². The molecule has 7 heteroatoms. The van der Waals surface area contributed by atoms with E-state index in [0.29, 0.717) is 10.2 Å². The third kappa shape index (κ3) is 2.98. The lowest BCUT2D eigenvalue weighted by Gasteiger charge is -2.06. The fourth-order valence-corrected chi connectivity index (χ4v) is 3.36. The predicted molar refractivity (Wildman–Crippen MR) is 95.1 cm³/mol. The number of hydrogen-bond donors (Lipinski definition) is 1. The molecule has 0 aliphatic rings. The van der Waals surface area contributed by atoms with Crippen LogP contribution in [-0.2, 0) is 4.74 Å². The van der Waals surface area contributed by atoms with Gasteiger partial charge in [-0.25, -0.2) is 9.78 Å². The molecule has 122 valence electrons. The molecule has 1 heterocycles. The molecule has 1 N–H and O–H groups in total. The van der Waals surface area contributed by atoms with Crippen LogP contribution >= 0.6 is 22.9 Å². The standard InChI is InChI=1S/C17H13ClN2O3S/c1-9-12(18)7-8-13-14(9)19-17(24-13)20-15(21)10-5-3-4-6-11(10)16(22)23-2/h3-8H,1-2H3,(H,19,20,21). The Morgan fingerprint density at radius 3 is 2.58 bits per heavy atom. The molecule has 2 aromatic carbocycles. The fourth-order valence-electron chi connectivity index (χ4n) is 2.29. The Bertz CT molecular complexity index is 952. The van der Waals surface area contributed by atoms with Crippen molar-refractivity contribution < 1.29 is 14.3 Å². The molecule has 0 saturated carbocycles. The summed E-state index contributed by atoms with van der Waals surface area (Å²) in [6.45, 7) is 1.88. The monoisotopic (exact) mass is 360 g/mol. The number of nitrogens with one attached hydrogen (secondary N) is 1. The summed E-state index contributed by atoms with van der Waals surface area (Å²) >= 11 is 7.44. The predicted octanol–water partition coefficient (Wildman–Crippen LogP) is 4.30. The van der Waals surface area contributed by atoms with Crippen molar-refractivity contribution in [2.45, 2.75) is 6.92 Å². The van der Waals surface area contributed by atoms with Crippen LogP contribution in [0.15, 0.2) is 36.4 Å². The van der Waals surface area contributed by atoms with E-state index in [0.717, 1.165) is 15.8 Å². The lowest BCUT2D eigenvalue weighted by molar-refractivity contribution is 0.0597. The van der Waals surface area contributed by atoms with E-state index in [9.17, 15) is 9.59 Å². The van der Waals surface area contributed by atoms with Gasteiger partial charge in [-0.2, -0.15) is 0 Å². The quantitative estimate of drug-likeness (QED) is 0.707. The van der Waals surface area contributed by atoms with E-state index in [1.807, 2.05) is 13.0 Å². The number of ether oxygens (including phenoxy) is 1. The van der Waals surface area contributed by atoms with Crippen LogP contribution < -0.4 is 5.32 Å². The number of fused-ring (bicyclic) bond motifs is 1. The molecule has 1 amide bonds. The van der Waals surface area contributed by atoms with Crippen LogP contribution in [0.4, 0.5) is 5.13 Å². The summed E-state index contributed by atoms with van der Waals surface area (Å²) in [7, 11) is 1.27. The zero-order valence-electron chi connectivity index (χ0n) is 12.9. The smallest absolute Gasteiger partial charge is 0.338 e. The molecule has 24 heavy (non-hydrogen) atoms. The highest BCUT2D eigenvalue weighted by molar-refractivity contribution is 7.22. The number of hydrogen-bond acceptors (Lipinski definition) is 5. The number of amides is 1. The summed E-state index contributed by atoms with van der Waals surface area (Å²) in [4.78, 5) is 28.7. The summed E-state index contributed by atoms with van der Waals surface area (Å²) in [6, 6.07) is 10.1. The van der Waals surface area contributed by atoms with Crippen LogP contribution in [0.5, 0.6) is 0 Å². The molecule has 0 fully saturated rings. The number of thiazole rings is 1. The lowest BCUT2D eigenvalue weighted by Crippen LogP contribution is -2.16. The molecule has 0 aliphatic carbocycles. The summed E-state index contributed by atoms with van der Waals surface area (Å²) in [6.07, 6.45) is 0. The van der Waals surface area contributed by atoms with Gasteiger partial charge in [0.25, 0.3) is 5.91 Å². The first kappa shape index (κ1) is 16.4. The molecule has 0 unspecified atom stereocenters. The average Bonchev–Trinajstić information content (AvgIpc) is 3.01. The largest absolute Gasteiger partial charge is 0.465 e. The maximum atomic E-state index is 12.5. The zero-order chi connectivity index (χ0) is 17.3. The molecule has 3 aromatic rings.